The molecule has 0 spiro atoms. The fraction of sp³-hybridized carbons (Fsp3) is 0.538. The zero-order valence-electron chi connectivity index (χ0n) is 13.4. The summed E-state index contributed by atoms with van der Waals surface area (Å²) in [5.74, 6) is -0.355. The van der Waals surface area contributed by atoms with Gasteiger partial charge in [0, 0.05) is 33.7 Å². The Morgan fingerprint density at radius 1 is 1.04 bits per heavy atom. The minimum Gasteiger partial charge on any atom is -0.213 e. The Bertz CT molecular complexity index is 703. The van der Waals surface area contributed by atoms with E-state index in [4.69, 9.17) is 0 Å². The van der Waals surface area contributed by atoms with Crippen molar-refractivity contribution < 1.29 is 21.2 Å². The third kappa shape index (κ3) is 6.92. The van der Waals surface area contributed by atoms with Gasteiger partial charge in [-0.15, -0.1) is 0 Å². The molecule has 0 aliphatic rings. The lowest BCUT2D eigenvalue weighted by molar-refractivity contribution is 0.416. The van der Waals surface area contributed by atoms with Gasteiger partial charge in [-0.2, -0.15) is 12.7 Å². The minimum atomic E-state index is -3.59. The maximum absolute atomic E-state index is 12.8. The summed E-state index contributed by atoms with van der Waals surface area (Å²) in [5, 5.41) is 0. The van der Waals surface area contributed by atoms with Crippen molar-refractivity contribution in [3.8, 4) is 0 Å². The van der Waals surface area contributed by atoms with E-state index in [1.54, 1.807) is 12.1 Å². The van der Waals surface area contributed by atoms with Crippen molar-refractivity contribution in [1.82, 2.24) is 13.3 Å². The Labute approximate surface area is 137 Å². The zero-order chi connectivity index (χ0) is 17.7. The summed E-state index contributed by atoms with van der Waals surface area (Å²) in [6.45, 7) is 0.179. The SMILES string of the molecule is CN(C)S(=O)(=O)NCCN(CCc1ccc(F)cc1)S(C)(=O)=O. The fourth-order valence-electron chi connectivity index (χ4n) is 1.78. The average molecular weight is 367 g/mol. The molecule has 0 aliphatic heterocycles. The third-order valence-electron chi connectivity index (χ3n) is 3.16. The Kier molecular flexibility index (Phi) is 7.08. The summed E-state index contributed by atoms with van der Waals surface area (Å²) in [6, 6.07) is 5.80. The first-order valence-corrected chi connectivity index (χ1v) is 10.2. The number of benzene rings is 1. The summed E-state index contributed by atoms with van der Waals surface area (Å²) >= 11 is 0. The number of rotatable bonds is 9. The summed E-state index contributed by atoms with van der Waals surface area (Å²) in [4.78, 5) is 0. The molecule has 0 radical (unpaired) electrons. The van der Waals surface area contributed by atoms with Gasteiger partial charge in [0.1, 0.15) is 5.82 Å². The lowest BCUT2D eigenvalue weighted by Gasteiger charge is -2.21. The maximum atomic E-state index is 12.8. The molecule has 0 saturated heterocycles. The zero-order valence-corrected chi connectivity index (χ0v) is 15.0. The fourth-order valence-corrected chi connectivity index (χ4v) is 3.23. The van der Waals surface area contributed by atoms with Gasteiger partial charge in [0.05, 0.1) is 6.26 Å². The smallest absolute Gasteiger partial charge is 0.213 e. The monoisotopic (exact) mass is 367 g/mol. The molecule has 0 amide bonds. The molecule has 132 valence electrons. The van der Waals surface area contributed by atoms with Crippen LogP contribution in [0.3, 0.4) is 0 Å². The normalized spacial score (nSPS) is 13.0. The maximum Gasteiger partial charge on any atom is 0.278 e. The molecule has 23 heavy (non-hydrogen) atoms. The molecule has 0 unspecified atom stereocenters. The Morgan fingerprint density at radius 2 is 1.61 bits per heavy atom. The molecular formula is C13H22FN3O4S2. The molecule has 0 fully saturated rings. The summed E-state index contributed by atoms with van der Waals surface area (Å²) in [5.41, 5.74) is 0.800. The van der Waals surface area contributed by atoms with Crippen molar-refractivity contribution in [2.24, 2.45) is 0 Å². The lowest BCUT2D eigenvalue weighted by Crippen LogP contribution is -2.42. The van der Waals surface area contributed by atoms with E-state index in [1.165, 1.54) is 30.5 Å². The van der Waals surface area contributed by atoms with E-state index < -0.39 is 20.2 Å². The van der Waals surface area contributed by atoms with E-state index in [0.29, 0.717) is 6.42 Å². The van der Waals surface area contributed by atoms with Crippen LogP contribution in [0.15, 0.2) is 24.3 Å². The quantitative estimate of drug-likeness (QED) is 0.667. The van der Waals surface area contributed by atoms with E-state index in [1.807, 2.05) is 0 Å². The largest absolute Gasteiger partial charge is 0.278 e. The molecular weight excluding hydrogens is 345 g/mol. The predicted octanol–water partition coefficient (Wildman–Crippen LogP) is 0.0258. The van der Waals surface area contributed by atoms with E-state index in [0.717, 1.165) is 16.1 Å². The van der Waals surface area contributed by atoms with E-state index >= 15 is 0 Å². The second kappa shape index (κ2) is 8.15. The highest BCUT2D eigenvalue weighted by Gasteiger charge is 2.18. The van der Waals surface area contributed by atoms with Crippen molar-refractivity contribution >= 4 is 20.2 Å². The first-order valence-electron chi connectivity index (χ1n) is 6.89. The van der Waals surface area contributed by atoms with Crippen molar-refractivity contribution in [1.29, 1.82) is 0 Å². The lowest BCUT2D eigenvalue weighted by atomic mass is 10.1. The first kappa shape index (κ1) is 20.0. The van der Waals surface area contributed by atoms with Crippen LogP contribution in [-0.4, -0.2) is 65.4 Å². The van der Waals surface area contributed by atoms with Gasteiger partial charge < -0.3 is 0 Å². The number of hydrogen-bond acceptors (Lipinski definition) is 4. The number of halogens is 1. The molecule has 10 heteroatoms. The highest BCUT2D eigenvalue weighted by Crippen LogP contribution is 2.06. The minimum absolute atomic E-state index is 0.0209. The van der Waals surface area contributed by atoms with Gasteiger partial charge in [-0.05, 0) is 24.1 Å². The van der Waals surface area contributed by atoms with Gasteiger partial charge in [-0.3, -0.25) is 0 Å². The Morgan fingerprint density at radius 3 is 2.09 bits per heavy atom. The number of nitrogens with one attached hydrogen (secondary N) is 1. The van der Waals surface area contributed by atoms with E-state index in [9.17, 15) is 21.2 Å². The van der Waals surface area contributed by atoms with Crippen molar-refractivity contribution in [3.05, 3.63) is 35.6 Å². The molecule has 1 N–H and O–H groups in total. The van der Waals surface area contributed by atoms with Gasteiger partial charge in [0.25, 0.3) is 10.2 Å². The molecule has 0 atom stereocenters. The summed E-state index contributed by atoms with van der Waals surface area (Å²) in [7, 11) is -4.30. The van der Waals surface area contributed by atoms with Gasteiger partial charge >= 0.3 is 0 Å². The molecule has 0 bridgehead atoms. The van der Waals surface area contributed by atoms with Gasteiger partial charge in [-0.1, -0.05) is 12.1 Å². The molecule has 1 rings (SSSR count). The summed E-state index contributed by atoms with van der Waals surface area (Å²) in [6.07, 6.45) is 1.48. The predicted molar refractivity (Wildman–Crippen MR) is 87.1 cm³/mol. The Balaban J connectivity index is 2.62. The van der Waals surface area contributed by atoms with Crippen molar-refractivity contribution in [3.63, 3.8) is 0 Å². The molecule has 0 saturated carbocycles. The Hall–Kier alpha value is -1.07. The number of nitrogens with zero attached hydrogens (tertiary/aromatic N) is 2. The van der Waals surface area contributed by atoms with Crippen LogP contribution < -0.4 is 4.72 Å². The van der Waals surface area contributed by atoms with Crippen LogP contribution in [0.5, 0.6) is 0 Å². The van der Waals surface area contributed by atoms with Crippen molar-refractivity contribution in [2.45, 2.75) is 6.42 Å². The van der Waals surface area contributed by atoms with E-state index in [-0.39, 0.29) is 25.5 Å². The van der Waals surface area contributed by atoms with Gasteiger partial charge in [0.15, 0.2) is 0 Å². The number of sulfonamides is 1. The van der Waals surface area contributed by atoms with E-state index in [2.05, 4.69) is 4.72 Å². The molecule has 0 heterocycles. The second-order valence-electron chi connectivity index (χ2n) is 5.22. The molecule has 1 aromatic rings. The van der Waals surface area contributed by atoms with Gasteiger partial charge in [0.2, 0.25) is 10.0 Å². The average Bonchev–Trinajstić information content (AvgIpc) is 2.42. The standard InChI is InChI=1S/C13H22FN3O4S2/c1-16(2)23(20,21)15-9-11-17(22(3,18)19)10-8-12-4-6-13(14)7-5-12/h4-7,15H,8-11H2,1-3H3. The third-order valence-corrected chi connectivity index (χ3v) is 5.99. The van der Waals surface area contributed by atoms with Crippen LogP contribution in [0.4, 0.5) is 4.39 Å². The number of hydrogen-bond donors (Lipinski definition) is 1. The molecule has 0 aromatic heterocycles. The topological polar surface area (TPSA) is 86.8 Å². The first-order chi connectivity index (χ1) is 10.5. The second-order valence-corrected chi connectivity index (χ2v) is 9.17. The highest BCUT2D eigenvalue weighted by atomic mass is 32.2. The van der Waals surface area contributed by atoms with Crippen LogP contribution in [0.2, 0.25) is 0 Å². The molecule has 7 nitrogen and oxygen atoms in total. The summed E-state index contributed by atoms with van der Waals surface area (Å²) < 4.78 is 64.1. The van der Waals surface area contributed by atoms with Crippen LogP contribution in [0, 0.1) is 5.82 Å². The van der Waals surface area contributed by atoms with Crippen LogP contribution in [0.1, 0.15) is 5.56 Å². The van der Waals surface area contributed by atoms with Crippen LogP contribution >= 0.6 is 0 Å². The highest BCUT2D eigenvalue weighted by molar-refractivity contribution is 7.88. The van der Waals surface area contributed by atoms with Crippen LogP contribution in [-0.2, 0) is 26.7 Å². The van der Waals surface area contributed by atoms with Gasteiger partial charge in [-0.25, -0.2) is 21.8 Å². The molecule has 1 aromatic carbocycles. The van der Waals surface area contributed by atoms with Crippen molar-refractivity contribution in [2.75, 3.05) is 40.0 Å². The van der Waals surface area contributed by atoms with Crippen LogP contribution in [0.25, 0.3) is 0 Å². The molecule has 0 aliphatic carbocycles.